The molecular formula is C14H13BrClNO2. The molecule has 1 aromatic carbocycles. The SMILES string of the molecule is CCOC(=O)C(Cl)Cc1cccc2cc(Br)cnc12. The Balaban J connectivity index is 2.28. The number of pyridine rings is 1. The molecule has 0 aliphatic rings. The van der Waals surface area contributed by atoms with Crippen LogP contribution in [0.1, 0.15) is 12.5 Å². The van der Waals surface area contributed by atoms with Crippen LogP contribution in [0.15, 0.2) is 34.9 Å². The molecule has 0 N–H and O–H groups in total. The zero-order valence-corrected chi connectivity index (χ0v) is 12.7. The Bertz CT molecular complexity index is 603. The molecule has 1 heterocycles. The number of alkyl halides is 1. The molecule has 1 aromatic heterocycles. The summed E-state index contributed by atoms with van der Waals surface area (Å²) < 4.78 is 5.83. The van der Waals surface area contributed by atoms with Crippen molar-refractivity contribution in [3.63, 3.8) is 0 Å². The molecule has 0 amide bonds. The molecule has 0 saturated carbocycles. The van der Waals surface area contributed by atoms with E-state index in [1.54, 1.807) is 13.1 Å². The number of nitrogens with zero attached hydrogens (tertiary/aromatic N) is 1. The number of hydrogen-bond acceptors (Lipinski definition) is 3. The molecule has 2 aromatic rings. The summed E-state index contributed by atoms with van der Waals surface area (Å²) in [6, 6.07) is 7.82. The summed E-state index contributed by atoms with van der Waals surface area (Å²) >= 11 is 9.45. The zero-order valence-electron chi connectivity index (χ0n) is 10.4. The lowest BCUT2D eigenvalue weighted by molar-refractivity contribution is -0.142. The van der Waals surface area contributed by atoms with Crippen LogP contribution in [0.5, 0.6) is 0 Å². The fourth-order valence-corrected chi connectivity index (χ4v) is 2.45. The molecule has 100 valence electrons. The smallest absolute Gasteiger partial charge is 0.324 e. The molecule has 0 saturated heterocycles. The standard InChI is InChI=1S/C14H13BrClNO2/c1-2-19-14(18)12(16)7-10-5-3-4-9-6-11(15)8-17-13(9)10/h3-6,8,12H,2,7H2,1H3. The molecule has 0 radical (unpaired) electrons. The van der Waals surface area contributed by atoms with Crippen LogP contribution >= 0.6 is 27.5 Å². The Kier molecular flexibility index (Phi) is 4.77. The van der Waals surface area contributed by atoms with Crippen LogP contribution in [0.2, 0.25) is 0 Å². The van der Waals surface area contributed by atoms with Crippen molar-refractivity contribution in [2.75, 3.05) is 6.61 Å². The quantitative estimate of drug-likeness (QED) is 0.628. The van der Waals surface area contributed by atoms with Gasteiger partial charge in [-0.15, -0.1) is 11.6 Å². The highest BCUT2D eigenvalue weighted by molar-refractivity contribution is 9.10. The number of carbonyl (C=O) groups is 1. The number of hydrogen-bond donors (Lipinski definition) is 0. The van der Waals surface area contributed by atoms with Crippen LogP contribution in [-0.4, -0.2) is 22.9 Å². The van der Waals surface area contributed by atoms with Crippen molar-refractivity contribution in [1.82, 2.24) is 4.98 Å². The van der Waals surface area contributed by atoms with Crippen molar-refractivity contribution in [1.29, 1.82) is 0 Å². The summed E-state index contributed by atoms with van der Waals surface area (Å²) in [5.74, 6) is -0.390. The average Bonchev–Trinajstić information content (AvgIpc) is 2.38. The van der Waals surface area contributed by atoms with Crippen LogP contribution in [0.25, 0.3) is 10.9 Å². The molecule has 3 nitrogen and oxygen atoms in total. The van der Waals surface area contributed by atoms with Crippen LogP contribution in [0.4, 0.5) is 0 Å². The highest BCUT2D eigenvalue weighted by Gasteiger charge is 2.18. The number of ether oxygens (including phenoxy) is 1. The van der Waals surface area contributed by atoms with Gasteiger partial charge >= 0.3 is 5.97 Å². The number of rotatable bonds is 4. The van der Waals surface area contributed by atoms with Gasteiger partial charge in [-0.2, -0.15) is 0 Å². The van der Waals surface area contributed by atoms with E-state index in [4.69, 9.17) is 16.3 Å². The third-order valence-corrected chi connectivity index (χ3v) is 3.47. The fraction of sp³-hybridized carbons (Fsp3) is 0.286. The lowest BCUT2D eigenvalue weighted by Gasteiger charge is -2.10. The van der Waals surface area contributed by atoms with Gasteiger partial charge in [0.25, 0.3) is 0 Å². The number of halogens is 2. The number of aromatic nitrogens is 1. The van der Waals surface area contributed by atoms with E-state index >= 15 is 0 Å². The first-order valence-electron chi connectivity index (χ1n) is 5.95. The lowest BCUT2D eigenvalue weighted by atomic mass is 10.1. The summed E-state index contributed by atoms with van der Waals surface area (Å²) in [4.78, 5) is 15.9. The molecule has 5 heteroatoms. The molecule has 0 fully saturated rings. The monoisotopic (exact) mass is 341 g/mol. The summed E-state index contributed by atoms with van der Waals surface area (Å²) in [5, 5.41) is 0.329. The van der Waals surface area contributed by atoms with E-state index in [0.717, 1.165) is 20.9 Å². The maximum absolute atomic E-state index is 11.6. The maximum Gasteiger partial charge on any atom is 0.324 e. The Labute approximate surface area is 125 Å². The summed E-state index contributed by atoms with van der Waals surface area (Å²) in [7, 11) is 0. The van der Waals surface area contributed by atoms with Crippen LogP contribution in [0.3, 0.4) is 0 Å². The van der Waals surface area contributed by atoms with E-state index in [1.807, 2.05) is 24.3 Å². The maximum atomic E-state index is 11.6. The van der Waals surface area contributed by atoms with Gasteiger partial charge in [-0.25, -0.2) is 0 Å². The van der Waals surface area contributed by atoms with E-state index in [0.29, 0.717) is 13.0 Å². The molecule has 0 aliphatic carbocycles. The highest BCUT2D eigenvalue weighted by atomic mass is 79.9. The predicted molar refractivity (Wildman–Crippen MR) is 79.4 cm³/mol. The normalized spacial score (nSPS) is 12.4. The average molecular weight is 343 g/mol. The second kappa shape index (κ2) is 6.35. The Hall–Kier alpha value is -1.13. The van der Waals surface area contributed by atoms with Gasteiger partial charge in [-0.3, -0.25) is 9.78 Å². The van der Waals surface area contributed by atoms with Crippen molar-refractivity contribution in [3.8, 4) is 0 Å². The minimum absolute atomic E-state index is 0.336. The van der Waals surface area contributed by atoms with Gasteiger partial charge in [0.05, 0.1) is 12.1 Å². The van der Waals surface area contributed by atoms with E-state index < -0.39 is 11.3 Å². The molecule has 2 rings (SSSR count). The van der Waals surface area contributed by atoms with Gasteiger partial charge in [0.2, 0.25) is 0 Å². The third-order valence-electron chi connectivity index (χ3n) is 2.70. The minimum Gasteiger partial charge on any atom is -0.465 e. The topological polar surface area (TPSA) is 39.2 Å². The van der Waals surface area contributed by atoms with Crippen molar-refractivity contribution in [3.05, 3.63) is 40.5 Å². The first-order chi connectivity index (χ1) is 9.11. The number of para-hydroxylation sites is 1. The third kappa shape index (κ3) is 3.45. The van der Waals surface area contributed by atoms with Crippen molar-refractivity contribution < 1.29 is 9.53 Å². The molecule has 0 aliphatic heterocycles. The number of carbonyl (C=O) groups excluding carboxylic acids is 1. The Morgan fingerprint density at radius 2 is 2.32 bits per heavy atom. The van der Waals surface area contributed by atoms with Crippen molar-refractivity contribution in [2.24, 2.45) is 0 Å². The van der Waals surface area contributed by atoms with E-state index in [9.17, 15) is 4.79 Å². The molecular weight excluding hydrogens is 330 g/mol. The van der Waals surface area contributed by atoms with Gasteiger partial charge in [0, 0.05) is 22.5 Å². The Morgan fingerprint density at radius 3 is 3.05 bits per heavy atom. The molecule has 0 bridgehead atoms. The summed E-state index contributed by atoms with van der Waals surface area (Å²) in [6.07, 6.45) is 2.14. The van der Waals surface area contributed by atoms with Crippen LogP contribution in [-0.2, 0) is 16.0 Å². The first-order valence-corrected chi connectivity index (χ1v) is 7.18. The molecule has 1 unspecified atom stereocenters. The van der Waals surface area contributed by atoms with Gasteiger partial charge in [-0.05, 0) is 34.5 Å². The van der Waals surface area contributed by atoms with Crippen LogP contribution in [0, 0.1) is 0 Å². The van der Waals surface area contributed by atoms with Gasteiger partial charge in [-0.1, -0.05) is 18.2 Å². The van der Waals surface area contributed by atoms with Crippen molar-refractivity contribution in [2.45, 2.75) is 18.7 Å². The van der Waals surface area contributed by atoms with E-state index in [2.05, 4.69) is 20.9 Å². The minimum atomic E-state index is -0.684. The van der Waals surface area contributed by atoms with Crippen molar-refractivity contribution >= 4 is 44.4 Å². The number of fused-ring (bicyclic) bond motifs is 1. The number of esters is 1. The fourth-order valence-electron chi connectivity index (χ4n) is 1.87. The second-order valence-corrected chi connectivity index (χ2v) is 5.51. The largest absolute Gasteiger partial charge is 0.465 e. The first kappa shape index (κ1) is 14.3. The van der Waals surface area contributed by atoms with Crippen LogP contribution < -0.4 is 0 Å². The molecule has 1 atom stereocenters. The summed E-state index contributed by atoms with van der Waals surface area (Å²) in [6.45, 7) is 2.10. The Morgan fingerprint density at radius 1 is 1.53 bits per heavy atom. The van der Waals surface area contributed by atoms with Gasteiger partial charge in [0.15, 0.2) is 0 Å². The molecule has 19 heavy (non-hydrogen) atoms. The molecule has 0 spiro atoms. The van der Waals surface area contributed by atoms with Gasteiger partial charge in [0.1, 0.15) is 5.38 Å². The van der Waals surface area contributed by atoms with Gasteiger partial charge < -0.3 is 4.74 Å². The van der Waals surface area contributed by atoms with E-state index in [1.165, 1.54) is 0 Å². The summed E-state index contributed by atoms with van der Waals surface area (Å²) in [5.41, 5.74) is 1.80. The zero-order chi connectivity index (χ0) is 13.8. The number of benzene rings is 1. The second-order valence-electron chi connectivity index (χ2n) is 4.07. The highest BCUT2D eigenvalue weighted by Crippen LogP contribution is 2.22. The predicted octanol–water partition coefficient (Wildman–Crippen LogP) is 3.71. The van der Waals surface area contributed by atoms with E-state index in [-0.39, 0.29) is 0 Å². The lowest BCUT2D eigenvalue weighted by Crippen LogP contribution is -2.20.